The van der Waals surface area contributed by atoms with E-state index in [-0.39, 0.29) is 0 Å². The topological polar surface area (TPSA) is 50.1 Å². The van der Waals surface area contributed by atoms with Crippen molar-refractivity contribution in [2.24, 2.45) is 0 Å². The normalized spacial score (nSPS) is 10.5. The molecule has 0 bridgehead atoms. The fourth-order valence-corrected chi connectivity index (χ4v) is 3.83. The minimum atomic E-state index is 0.795. The molecule has 0 atom stereocenters. The van der Waals surface area contributed by atoms with Gasteiger partial charge in [-0.15, -0.1) is 36.2 Å². The van der Waals surface area contributed by atoms with Crippen molar-refractivity contribution in [1.82, 2.24) is 0 Å². The van der Waals surface area contributed by atoms with Crippen LogP contribution in [-0.2, 0) is 0 Å². The molecule has 3 rings (SSSR count). The van der Waals surface area contributed by atoms with Crippen molar-refractivity contribution < 1.29 is 0 Å². The van der Waals surface area contributed by atoms with E-state index in [0.717, 1.165) is 33.7 Å². The first kappa shape index (κ1) is 18.9. The molecular formula is C20H21N3S3. The molecule has 0 spiro atoms. The summed E-state index contributed by atoms with van der Waals surface area (Å²) in [6.07, 6.45) is 0. The average Bonchev–Trinajstić information content (AvgIpc) is 2.66. The third kappa shape index (κ3) is 6.12. The van der Waals surface area contributed by atoms with Gasteiger partial charge in [0.2, 0.25) is 0 Å². The summed E-state index contributed by atoms with van der Waals surface area (Å²) in [5, 5.41) is 6.81. The number of nitrogens with two attached hydrogens (primary N) is 1. The largest absolute Gasteiger partial charge is 0.399 e. The minimum Gasteiger partial charge on any atom is -0.399 e. The summed E-state index contributed by atoms with van der Waals surface area (Å²) in [7, 11) is 0. The number of nitrogen functional groups attached to an aromatic ring is 1. The van der Waals surface area contributed by atoms with Crippen molar-refractivity contribution in [2.45, 2.75) is 14.7 Å². The van der Waals surface area contributed by atoms with Gasteiger partial charge in [-0.05, 0) is 72.8 Å². The summed E-state index contributed by atoms with van der Waals surface area (Å²) in [6, 6.07) is 24.5. The molecule has 134 valence electrons. The molecule has 3 aromatic carbocycles. The van der Waals surface area contributed by atoms with Crippen LogP contribution in [0, 0.1) is 0 Å². The summed E-state index contributed by atoms with van der Waals surface area (Å²) < 4.78 is 0. The van der Waals surface area contributed by atoms with Gasteiger partial charge in [0.25, 0.3) is 0 Å². The Kier molecular flexibility index (Phi) is 7.05. The van der Waals surface area contributed by atoms with E-state index in [0.29, 0.717) is 0 Å². The second-order valence-electron chi connectivity index (χ2n) is 5.57. The standard InChI is InChI=1S/C20H21N3S3/c21-15-1-9-19(10-2-15)25-14-23-17-5-11-20(12-6-17)26-13-22-16-3-7-18(24)8-4-16/h1-12,22-24H,13-14,21H2. The molecule has 26 heavy (non-hydrogen) atoms. The zero-order valence-electron chi connectivity index (χ0n) is 14.2. The maximum Gasteiger partial charge on any atom is 0.0657 e. The first-order chi connectivity index (χ1) is 12.7. The predicted octanol–water partition coefficient (Wildman–Crippen LogP) is 5.88. The van der Waals surface area contributed by atoms with E-state index >= 15 is 0 Å². The fraction of sp³-hybridized carbons (Fsp3) is 0.100. The maximum atomic E-state index is 5.70. The first-order valence-electron chi connectivity index (χ1n) is 8.17. The van der Waals surface area contributed by atoms with Gasteiger partial charge in [0.1, 0.15) is 0 Å². The number of hydrogen-bond acceptors (Lipinski definition) is 6. The van der Waals surface area contributed by atoms with E-state index in [1.165, 1.54) is 9.79 Å². The van der Waals surface area contributed by atoms with Crippen LogP contribution in [0.5, 0.6) is 0 Å². The van der Waals surface area contributed by atoms with E-state index in [1.54, 1.807) is 23.5 Å². The molecule has 0 radical (unpaired) electrons. The number of benzene rings is 3. The van der Waals surface area contributed by atoms with Crippen molar-refractivity contribution in [3.05, 3.63) is 72.8 Å². The number of thiol groups is 1. The van der Waals surface area contributed by atoms with Gasteiger partial charge in [0.15, 0.2) is 0 Å². The Morgan fingerprint density at radius 2 is 1.08 bits per heavy atom. The van der Waals surface area contributed by atoms with Crippen molar-refractivity contribution in [2.75, 3.05) is 28.1 Å². The molecule has 0 aliphatic heterocycles. The van der Waals surface area contributed by atoms with Crippen molar-refractivity contribution >= 4 is 53.2 Å². The summed E-state index contributed by atoms with van der Waals surface area (Å²) in [5.74, 6) is 1.64. The van der Waals surface area contributed by atoms with Crippen LogP contribution in [0.2, 0.25) is 0 Å². The molecule has 0 amide bonds. The molecule has 3 nitrogen and oxygen atoms in total. The van der Waals surface area contributed by atoms with Crippen molar-refractivity contribution in [3.8, 4) is 0 Å². The van der Waals surface area contributed by atoms with E-state index < -0.39 is 0 Å². The highest BCUT2D eigenvalue weighted by molar-refractivity contribution is 7.99. The lowest BCUT2D eigenvalue weighted by Crippen LogP contribution is -1.98. The highest BCUT2D eigenvalue weighted by Crippen LogP contribution is 2.23. The highest BCUT2D eigenvalue weighted by atomic mass is 32.2. The quantitative estimate of drug-likeness (QED) is 0.165. The summed E-state index contributed by atoms with van der Waals surface area (Å²) in [4.78, 5) is 3.41. The van der Waals surface area contributed by atoms with E-state index in [4.69, 9.17) is 5.73 Å². The lowest BCUT2D eigenvalue weighted by atomic mass is 10.3. The number of rotatable bonds is 8. The second-order valence-corrected chi connectivity index (χ2v) is 8.19. The Morgan fingerprint density at radius 3 is 1.58 bits per heavy atom. The Hall–Kier alpha value is -1.89. The lowest BCUT2D eigenvalue weighted by Gasteiger charge is -2.09. The third-order valence-corrected chi connectivity index (χ3v) is 5.72. The number of nitrogens with one attached hydrogen (secondary N) is 2. The monoisotopic (exact) mass is 399 g/mol. The van der Waals surface area contributed by atoms with Gasteiger partial charge in [0.05, 0.1) is 11.8 Å². The van der Waals surface area contributed by atoms with Crippen LogP contribution in [0.15, 0.2) is 87.5 Å². The van der Waals surface area contributed by atoms with Gasteiger partial charge < -0.3 is 16.4 Å². The van der Waals surface area contributed by atoms with Crippen LogP contribution < -0.4 is 16.4 Å². The highest BCUT2D eigenvalue weighted by Gasteiger charge is 1.98. The molecule has 0 aliphatic carbocycles. The van der Waals surface area contributed by atoms with Crippen molar-refractivity contribution in [1.29, 1.82) is 0 Å². The molecule has 0 heterocycles. The van der Waals surface area contributed by atoms with Gasteiger partial charge in [0, 0.05) is 31.7 Å². The van der Waals surface area contributed by atoms with E-state index in [9.17, 15) is 0 Å². The molecule has 0 aliphatic rings. The Bertz CT molecular complexity index is 733. The van der Waals surface area contributed by atoms with Crippen LogP contribution in [0.25, 0.3) is 0 Å². The molecule has 0 saturated heterocycles. The SMILES string of the molecule is Nc1ccc(SCNc2ccc(SCNc3ccc(S)cc3)cc2)cc1. The van der Waals surface area contributed by atoms with E-state index in [2.05, 4.69) is 47.5 Å². The first-order valence-corrected chi connectivity index (χ1v) is 10.6. The number of thioether (sulfide) groups is 2. The van der Waals surface area contributed by atoms with Crippen LogP contribution >= 0.6 is 36.2 Å². The van der Waals surface area contributed by atoms with Crippen LogP contribution in [0.4, 0.5) is 17.1 Å². The predicted molar refractivity (Wildman–Crippen MR) is 120 cm³/mol. The Labute approximate surface area is 168 Å². The summed E-state index contributed by atoms with van der Waals surface area (Å²) >= 11 is 7.82. The Balaban J connectivity index is 1.40. The zero-order chi connectivity index (χ0) is 18.2. The van der Waals surface area contributed by atoms with Crippen LogP contribution in [0.1, 0.15) is 0 Å². The number of anilines is 3. The van der Waals surface area contributed by atoms with E-state index in [1.807, 2.05) is 48.5 Å². The van der Waals surface area contributed by atoms with Gasteiger partial charge in [-0.25, -0.2) is 0 Å². The molecular weight excluding hydrogens is 378 g/mol. The van der Waals surface area contributed by atoms with Crippen LogP contribution in [-0.4, -0.2) is 11.8 Å². The Morgan fingerprint density at radius 1 is 0.654 bits per heavy atom. The molecule has 3 aromatic rings. The fourth-order valence-electron chi connectivity index (χ4n) is 2.22. The van der Waals surface area contributed by atoms with Crippen molar-refractivity contribution in [3.63, 3.8) is 0 Å². The maximum absolute atomic E-state index is 5.70. The second kappa shape index (κ2) is 9.71. The van der Waals surface area contributed by atoms with Crippen LogP contribution in [0.3, 0.4) is 0 Å². The van der Waals surface area contributed by atoms with Gasteiger partial charge in [-0.2, -0.15) is 0 Å². The molecule has 0 saturated carbocycles. The lowest BCUT2D eigenvalue weighted by molar-refractivity contribution is 1.37. The molecule has 0 unspecified atom stereocenters. The van der Waals surface area contributed by atoms with Gasteiger partial charge in [-0.3, -0.25) is 0 Å². The minimum absolute atomic E-state index is 0.795. The average molecular weight is 400 g/mol. The third-order valence-electron chi connectivity index (χ3n) is 3.63. The molecule has 0 aromatic heterocycles. The van der Waals surface area contributed by atoms with Gasteiger partial charge in [-0.1, -0.05) is 0 Å². The van der Waals surface area contributed by atoms with Gasteiger partial charge >= 0.3 is 0 Å². The number of hydrogen-bond donors (Lipinski definition) is 4. The molecule has 4 N–H and O–H groups in total. The summed E-state index contributed by atoms with van der Waals surface area (Å²) in [5.41, 5.74) is 8.72. The molecule has 6 heteroatoms. The zero-order valence-corrected chi connectivity index (χ0v) is 16.7. The molecule has 0 fully saturated rings. The summed E-state index contributed by atoms with van der Waals surface area (Å²) in [6.45, 7) is 0. The smallest absolute Gasteiger partial charge is 0.0657 e.